The maximum absolute atomic E-state index is 6.88. The molecule has 0 radical (unpaired) electrons. The highest BCUT2D eigenvalue weighted by molar-refractivity contribution is 5.98. The smallest absolute Gasteiger partial charge is 0.179 e. The van der Waals surface area contributed by atoms with Crippen LogP contribution >= 0.6 is 0 Å². The fourth-order valence-electron chi connectivity index (χ4n) is 5.06. The first-order valence-corrected chi connectivity index (χ1v) is 10.4. The van der Waals surface area contributed by atoms with Gasteiger partial charge in [-0.15, -0.1) is 6.42 Å². The molecule has 1 heterocycles. The standard InChI is InChI=1S/C29H20O2/c1-3-16-30-21-14-12-20-13-15-27-28(24(20)17-21)19(2)18-29(31-27)25-10-6-4-8-22(25)23-9-5-7-11-26(23)29/h1,4-15,17-18H,16H2,2H3. The molecule has 2 heteroatoms. The van der Waals surface area contributed by atoms with Crippen molar-refractivity contribution in [2.24, 2.45) is 0 Å². The summed E-state index contributed by atoms with van der Waals surface area (Å²) in [5, 5.41) is 2.25. The largest absolute Gasteiger partial charge is 0.481 e. The zero-order valence-corrected chi connectivity index (χ0v) is 17.2. The van der Waals surface area contributed by atoms with Crippen molar-refractivity contribution in [3.05, 3.63) is 102 Å². The van der Waals surface area contributed by atoms with Crippen LogP contribution in [-0.2, 0) is 5.60 Å². The molecule has 1 aliphatic carbocycles. The summed E-state index contributed by atoms with van der Waals surface area (Å²) in [6.07, 6.45) is 7.63. The molecule has 0 saturated heterocycles. The van der Waals surface area contributed by atoms with E-state index < -0.39 is 5.60 Å². The minimum Gasteiger partial charge on any atom is -0.481 e. The maximum atomic E-state index is 6.88. The Hall–Kier alpha value is -3.96. The van der Waals surface area contributed by atoms with Crippen LogP contribution in [0.15, 0.2) is 84.9 Å². The maximum Gasteiger partial charge on any atom is 0.179 e. The van der Waals surface area contributed by atoms with Gasteiger partial charge in [0, 0.05) is 16.7 Å². The minimum absolute atomic E-state index is 0.253. The molecule has 1 aliphatic heterocycles. The highest BCUT2D eigenvalue weighted by Gasteiger charge is 2.46. The second kappa shape index (κ2) is 6.52. The molecule has 4 aromatic carbocycles. The topological polar surface area (TPSA) is 18.5 Å². The third kappa shape index (κ3) is 2.47. The number of hydrogen-bond acceptors (Lipinski definition) is 2. The molecule has 4 aromatic rings. The molecule has 0 bridgehead atoms. The van der Waals surface area contributed by atoms with Crippen LogP contribution in [0.5, 0.6) is 11.5 Å². The zero-order chi connectivity index (χ0) is 21.0. The van der Waals surface area contributed by atoms with Crippen molar-refractivity contribution in [2.45, 2.75) is 12.5 Å². The highest BCUT2D eigenvalue weighted by atomic mass is 16.5. The van der Waals surface area contributed by atoms with Gasteiger partial charge in [-0.05, 0) is 58.7 Å². The second-order valence-corrected chi connectivity index (χ2v) is 8.07. The number of allylic oxidation sites excluding steroid dienone is 1. The summed E-state index contributed by atoms with van der Waals surface area (Å²) >= 11 is 0. The first-order valence-electron chi connectivity index (χ1n) is 10.4. The Kier molecular flexibility index (Phi) is 3.76. The summed E-state index contributed by atoms with van der Waals surface area (Å²) in [5.74, 6) is 4.18. The Morgan fingerprint density at radius 2 is 1.58 bits per heavy atom. The number of ether oxygens (including phenoxy) is 2. The van der Waals surface area contributed by atoms with Crippen LogP contribution in [0.2, 0.25) is 0 Å². The highest BCUT2D eigenvalue weighted by Crippen LogP contribution is 2.55. The average molecular weight is 400 g/mol. The molecule has 1 spiro atoms. The molecular weight excluding hydrogens is 380 g/mol. The van der Waals surface area contributed by atoms with E-state index in [2.05, 4.69) is 91.7 Å². The molecule has 2 aliphatic rings. The predicted octanol–water partition coefficient (Wildman–Crippen LogP) is 6.57. The van der Waals surface area contributed by atoms with E-state index in [0.29, 0.717) is 0 Å². The van der Waals surface area contributed by atoms with Gasteiger partial charge < -0.3 is 9.47 Å². The Balaban J connectivity index is 1.58. The van der Waals surface area contributed by atoms with Crippen molar-refractivity contribution in [3.63, 3.8) is 0 Å². The van der Waals surface area contributed by atoms with Crippen LogP contribution in [0.3, 0.4) is 0 Å². The van der Waals surface area contributed by atoms with E-state index in [1.54, 1.807) is 0 Å². The molecule has 6 rings (SSSR count). The fourth-order valence-corrected chi connectivity index (χ4v) is 5.06. The van der Waals surface area contributed by atoms with Gasteiger partial charge in [-0.1, -0.05) is 66.6 Å². The van der Waals surface area contributed by atoms with Crippen LogP contribution < -0.4 is 9.47 Å². The summed E-state index contributed by atoms with van der Waals surface area (Å²) < 4.78 is 12.6. The molecule has 0 atom stereocenters. The number of fused-ring (bicyclic) bond motifs is 8. The third-order valence-corrected chi connectivity index (χ3v) is 6.31. The van der Waals surface area contributed by atoms with Gasteiger partial charge in [0.15, 0.2) is 5.60 Å². The predicted molar refractivity (Wildman–Crippen MR) is 125 cm³/mol. The normalized spacial score (nSPS) is 14.8. The lowest BCUT2D eigenvalue weighted by Gasteiger charge is -2.35. The van der Waals surface area contributed by atoms with Gasteiger partial charge in [-0.2, -0.15) is 0 Å². The Bertz CT molecular complexity index is 1390. The first-order chi connectivity index (χ1) is 15.2. The Labute approximate surface area is 181 Å². The summed E-state index contributed by atoms with van der Waals surface area (Å²) in [7, 11) is 0. The summed E-state index contributed by atoms with van der Waals surface area (Å²) in [5.41, 5.74) is 6.52. The van der Waals surface area contributed by atoms with Gasteiger partial charge in [-0.3, -0.25) is 0 Å². The van der Waals surface area contributed by atoms with E-state index in [9.17, 15) is 0 Å². The van der Waals surface area contributed by atoms with Gasteiger partial charge in [0.2, 0.25) is 0 Å². The Morgan fingerprint density at radius 1 is 0.903 bits per heavy atom. The molecule has 31 heavy (non-hydrogen) atoms. The molecule has 2 nitrogen and oxygen atoms in total. The average Bonchev–Trinajstić information content (AvgIpc) is 3.07. The van der Waals surface area contributed by atoms with Crippen LogP contribution in [0.4, 0.5) is 0 Å². The van der Waals surface area contributed by atoms with E-state index in [-0.39, 0.29) is 6.61 Å². The van der Waals surface area contributed by atoms with Crippen LogP contribution in [0.1, 0.15) is 23.6 Å². The van der Waals surface area contributed by atoms with E-state index in [4.69, 9.17) is 15.9 Å². The van der Waals surface area contributed by atoms with Gasteiger partial charge in [-0.25, -0.2) is 0 Å². The molecule has 0 N–H and O–H groups in total. The first kappa shape index (κ1) is 17.9. The van der Waals surface area contributed by atoms with E-state index in [0.717, 1.165) is 27.8 Å². The lowest BCUT2D eigenvalue weighted by atomic mass is 9.84. The quantitative estimate of drug-likeness (QED) is 0.354. The number of terminal acetylenes is 1. The molecule has 0 amide bonds. The van der Waals surface area contributed by atoms with Crippen molar-refractivity contribution >= 4 is 16.3 Å². The van der Waals surface area contributed by atoms with Crippen molar-refractivity contribution in [1.82, 2.24) is 0 Å². The van der Waals surface area contributed by atoms with Gasteiger partial charge >= 0.3 is 0 Å². The molecular formula is C29H20O2. The summed E-state index contributed by atoms with van der Waals surface area (Å²) in [4.78, 5) is 0. The van der Waals surface area contributed by atoms with Crippen LogP contribution in [-0.4, -0.2) is 6.61 Å². The number of hydrogen-bond donors (Lipinski definition) is 0. The van der Waals surface area contributed by atoms with Crippen molar-refractivity contribution in [1.29, 1.82) is 0 Å². The van der Waals surface area contributed by atoms with E-state index in [1.807, 2.05) is 6.07 Å². The van der Waals surface area contributed by atoms with E-state index >= 15 is 0 Å². The van der Waals surface area contributed by atoms with Gasteiger partial charge in [0.05, 0.1) is 0 Å². The summed E-state index contributed by atoms with van der Waals surface area (Å²) in [6.45, 7) is 2.42. The molecule has 148 valence electrons. The van der Waals surface area contributed by atoms with E-state index in [1.165, 1.54) is 27.8 Å². The fraction of sp³-hybridized carbons (Fsp3) is 0.103. The Morgan fingerprint density at radius 3 is 2.29 bits per heavy atom. The monoisotopic (exact) mass is 400 g/mol. The molecule has 0 saturated carbocycles. The molecule has 0 fully saturated rings. The van der Waals surface area contributed by atoms with Gasteiger partial charge in [0.25, 0.3) is 0 Å². The van der Waals surface area contributed by atoms with Crippen molar-refractivity contribution in [3.8, 4) is 35.0 Å². The number of rotatable bonds is 2. The van der Waals surface area contributed by atoms with Crippen LogP contribution in [0, 0.1) is 12.3 Å². The number of benzene rings is 4. The van der Waals surface area contributed by atoms with Crippen LogP contribution in [0.25, 0.3) is 27.5 Å². The SMILES string of the molecule is C#CCOc1ccc2ccc3c(c2c1)C(C)=CC1(O3)c2ccccc2-c2ccccc21. The third-order valence-electron chi connectivity index (χ3n) is 6.31. The zero-order valence-electron chi connectivity index (χ0n) is 17.2. The lowest BCUT2D eigenvalue weighted by Crippen LogP contribution is -2.33. The van der Waals surface area contributed by atoms with Crippen molar-refractivity contribution < 1.29 is 9.47 Å². The minimum atomic E-state index is -0.616. The van der Waals surface area contributed by atoms with Crippen molar-refractivity contribution in [2.75, 3.05) is 6.61 Å². The summed E-state index contributed by atoms with van der Waals surface area (Å²) in [6, 6.07) is 27.3. The van der Waals surface area contributed by atoms with Gasteiger partial charge in [0.1, 0.15) is 18.1 Å². The lowest BCUT2D eigenvalue weighted by molar-refractivity contribution is 0.165. The second-order valence-electron chi connectivity index (χ2n) is 8.07. The molecule has 0 aromatic heterocycles. The molecule has 0 unspecified atom stereocenters.